The SMILES string of the molecule is CC(Oc1cc(C#N)cnc1N)c1c(Cl)ccc(C#N)c1Cl. The van der Waals surface area contributed by atoms with Crippen LogP contribution in [-0.2, 0) is 0 Å². The number of nitrogen functional groups attached to an aromatic ring is 1. The van der Waals surface area contributed by atoms with E-state index < -0.39 is 6.10 Å². The zero-order chi connectivity index (χ0) is 16.3. The number of hydrogen-bond acceptors (Lipinski definition) is 5. The molecule has 0 spiro atoms. The molecule has 0 aliphatic heterocycles. The average Bonchev–Trinajstić information content (AvgIpc) is 2.49. The third-order valence-electron chi connectivity index (χ3n) is 2.97. The van der Waals surface area contributed by atoms with Gasteiger partial charge in [0, 0.05) is 22.8 Å². The number of aromatic nitrogens is 1. The lowest BCUT2D eigenvalue weighted by molar-refractivity contribution is 0.227. The molecule has 0 saturated heterocycles. The number of nitriles is 2. The van der Waals surface area contributed by atoms with Crippen molar-refractivity contribution >= 4 is 29.0 Å². The highest BCUT2D eigenvalue weighted by molar-refractivity contribution is 6.36. The Morgan fingerprint density at radius 2 is 2.00 bits per heavy atom. The Morgan fingerprint density at radius 3 is 2.64 bits per heavy atom. The third kappa shape index (κ3) is 3.07. The fraction of sp³-hybridized carbons (Fsp3) is 0.133. The number of ether oxygens (including phenoxy) is 1. The maximum Gasteiger partial charge on any atom is 0.166 e. The molecule has 0 radical (unpaired) electrons. The molecule has 0 bridgehead atoms. The zero-order valence-corrected chi connectivity index (χ0v) is 13.0. The van der Waals surface area contributed by atoms with Gasteiger partial charge in [-0.1, -0.05) is 23.2 Å². The van der Waals surface area contributed by atoms with Crippen LogP contribution in [0.25, 0.3) is 0 Å². The van der Waals surface area contributed by atoms with Gasteiger partial charge >= 0.3 is 0 Å². The van der Waals surface area contributed by atoms with Crippen LogP contribution < -0.4 is 10.5 Å². The Morgan fingerprint density at radius 1 is 1.27 bits per heavy atom. The van der Waals surface area contributed by atoms with E-state index in [4.69, 9.17) is 44.2 Å². The van der Waals surface area contributed by atoms with E-state index in [1.807, 2.05) is 12.1 Å². The number of pyridine rings is 1. The van der Waals surface area contributed by atoms with Crippen molar-refractivity contribution < 1.29 is 4.74 Å². The lowest BCUT2D eigenvalue weighted by atomic mass is 10.1. The predicted molar refractivity (Wildman–Crippen MR) is 83.6 cm³/mol. The Balaban J connectivity index is 2.41. The van der Waals surface area contributed by atoms with E-state index in [2.05, 4.69) is 4.98 Å². The first-order chi connectivity index (χ1) is 10.5. The van der Waals surface area contributed by atoms with Crippen LogP contribution >= 0.6 is 23.2 Å². The highest BCUT2D eigenvalue weighted by Crippen LogP contribution is 2.36. The largest absolute Gasteiger partial charge is 0.482 e. The summed E-state index contributed by atoms with van der Waals surface area (Å²) in [5, 5.41) is 18.5. The summed E-state index contributed by atoms with van der Waals surface area (Å²) < 4.78 is 5.72. The normalized spacial score (nSPS) is 11.3. The molecule has 0 saturated carbocycles. The maximum atomic E-state index is 9.03. The van der Waals surface area contributed by atoms with E-state index in [9.17, 15) is 0 Å². The third-order valence-corrected chi connectivity index (χ3v) is 3.70. The molecule has 0 amide bonds. The van der Waals surface area contributed by atoms with Crippen molar-refractivity contribution in [3.05, 3.63) is 51.1 Å². The van der Waals surface area contributed by atoms with E-state index in [0.29, 0.717) is 21.7 Å². The van der Waals surface area contributed by atoms with Gasteiger partial charge in [-0.3, -0.25) is 0 Å². The van der Waals surface area contributed by atoms with E-state index >= 15 is 0 Å². The molecule has 0 fully saturated rings. The highest BCUT2D eigenvalue weighted by Gasteiger charge is 2.19. The standard InChI is InChI=1S/C15H10Cl2N4O/c1-8(13-11(16)3-2-10(6-19)14(13)17)22-12-4-9(5-18)7-21-15(12)20/h2-4,7-8H,1H3,(H2,20,21). The van der Waals surface area contributed by atoms with Crippen molar-refractivity contribution in [3.63, 3.8) is 0 Å². The van der Waals surface area contributed by atoms with E-state index in [0.717, 1.165) is 0 Å². The molecule has 5 nitrogen and oxygen atoms in total. The monoisotopic (exact) mass is 332 g/mol. The lowest BCUT2D eigenvalue weighted by Crippen LogP contribution is -2.08. The van der Waals surface area contributed by atoms with Crippen molar-refractivity contribution in [1.82, 2.24) is 4.98 Å². The lowest BCUT2D eigenvalue weighted by Gasteiger charge is -2.19. The molecule has 1 unspecified atom stereocenters. The minimum Gasteiger partial charge on any atom is -0.482 e. The number of nitrogens with zero attached hydrogens (tertiary/aromatic N) is 3. The van der Waals surface area contributed by atoms with Crippen molar-refractivity contribution in [2.24, 2.45) is 0 Å². The summed E-state index contributed by atoms with van der Waals surface area (Å²) in [7, 11) is 0. The van der Waals surface area contributed by atoms with Gasteiger partial charge in [-0.05, 0) is 19.1 Å². The molecule has 110 valence electrons. The van der Waals surface area contributed by atoms with Crippen LogP contribution in [0.15, 0.2) is 24.4 Å². The van der Waals surface area contributed by atoms with Crippen molar-refractivity contribution in [3.8, 4) is 17.9 Å². The Hall–Kier alpha value is -2.47. The van der Waals surface area contributed by atoms with Crippen LogP contribution in [0, 0.1) is 22.7 Å². The second kappa shape index (κ2) is 6.53. The first kappa shape index (κ1) is 15.9. The molecule has 1 heterocycles. The fourth-order valence-corrected chi connectivity index (χ4v) is 2.61. The molecule has 22 heavy (non-hydrogen) atoms. The van der Waals surface area contributed by atoms with E-state index in [-0.39, 0.29) is 16.6 Å². The zero-order valence-electron chi connectivity index (χ0n) is 11.5. The fourth-order valence-electron chi connectivity index (χ4n) is 1.89. The molecular weight excluding hydrogens is 323 g/mol. The molecule has 2 aromatic rings. The minimum absolute atomic E-state index is 0.148. The summed E-state index contributed by atoms with van der Waals surface area (Å²) in [5.74, 6) is 0.399. The van der Waals surface area contributed by atoms with Gasteiger partial charge in [0.05, 0.1) is 16.1 Å². The Labute approximate surface area is 137 Å². The van der Waals surface area contributed by atoms with Crippen LogP contribution in [0.5, 0.6) is 5.75 Å². The summed E-state index contributed by atoms with van der Waals surface area (Å²) in [5.41, 5.74) is 6.83. The van der Waals surface area contributed by atoms with Gasteiger partial charge in [-0.15, -0.1) is 0 Å². The van der Waals surface area contributed by atoms with Crippen LogP contribution in [0.1, 0.15) is 29.7 Å². The number of hydrogen-bond donors (Lipinski definition) is 1. The molecule has 1 aromatic carbocycles. The molecule has 2 rings (SSSR count). The highest BCUT2D eigenvalue weighted by atomic mass is 35.5. The molecule has 2 N–H and O–H groups in total. The molecule has 1 aromatic heterocycles. The van der Waals surface area contributed by atoms with Gasteiger partial charge in [0.25, 0.3) is 0 Å². The van der Waals surface area contributed by atoms with Gasteiger partial charge in [0.2, 0.25) is 0 Å². The number of anilines is 1. The van der Waals surface area contributed by atoms with Crippen molar-refractivity contribution in [1.29, 1.82) is 10.5 Å². The second-order valence-corrected chi connectivity index (χ2v) is 5.20. The number of halogens is 2. The van der Waals surface area contributed by atoms with Crippen LogP contribution in [0.3, 0.4) is 0 Å². The van der Waals surface area contributed by atoms with Gasteiger partial charge in [-0.2, -0.15) is 10.5 Å². The quantitative estimate of drug-likeness (QED) is 0.920. The molecular formula is C15H10Cl2N4O. The topological polar surface area (TPSA) is 95.7 Å². The van der Waals surface area contributed by atoms with E-state index in [1.165, 1.54) is 18.3 Å². The Bertz CT molecular complexity index is 808. The summed E-state index contributed by atoms with van der Waals surface area (Å²) in [6, 6.07) is 8.53. The van der Waals surface area contributed by atoms with Crippen molar-refractivity contribution in [2.45, 2.75) is 13.0 Å². The maximum absolute atomic E-state index is 9.03. The number of nitrogens with two attached hydrogens (primary N) is 1. The average molecular weight is 333 g/mol. The predicted octanol–water partition coefficient (Wildman–Crippen LogP) is 3.85. The summed E-state index contributed by atoms with van der Waals surface area (Å²) >= 11 is 12.3. The first-order valence-corrected chi connectivity index (χ1v) is 6.93. The van der Waals surface area contributed by atoms with Crippen LogP contribution in [-0.4, -0.2) is 4.98 Å². The van der Waals surface area contributed by atoms with Crippen molar-refractivity contribution in [2.75, 3.05) is 5.73 Å². The number of benzene rings is 1. The first-order valence-electron chi connectivity index (χ1n) is 6.18. The smallest absolute Gasteiger partial charge is 0.166 e. The second-order valence-electron chi connectivity index (χ2n) is 4.41. The summed E-state index contributed by atoms with van der Waals surface area (Å²) in [6.45, 7) is 1.72. The van der Waals surface area contributed by atoms with Crippen LogP contribution in [0.4, 0.5) is 5.82 Å². The van der Waals surface area contributed by atoms with E-state index in [1.54, 1.807) is 13.0 Å². The minimum atomic E-state index is -0.577. The summed E-state index contributed by atoms with van der Waals surface area (Å²) in [4.78, 5) is 3.89. The van der Waals surface area contributed by atoms with Gasteiger partial charge in [-0.25, -0.2) is 4.98 Å². The summed E-state index contributed by atoms with van der Waals surface area (Å²) in [6.07, 6.45) is 0.773. The molecule has 0 aliphatic rings. The van der Waals surface area contributed by atoms with Gasteiger partial charge < -0.3 is 10.5 Å². The molecule has 7 heteroatoms. The number of rotatable bonds is 3. The van der Waals surface area contributed by atoms with Gasteiger partial charge in [0.15, 0.2) is 11.6 Å². The molecule has 1 atom stereocenters. The van der Waals surface area contributed by atoms with Crippen LogP contribution in [0.2, 0.25) is 10.0 Å². The molecule has 0 aliphatic carbocycles. The van der Waals surface area contributed by atoms with Gasteiger partial charge in [0.1, 0.15) is 18.2 Å². The Kier molecular flexibility index (Phi) is 4.72.